The second-order valence-electron chi connectivity index (χ2n) is 3.95. The zero-order chi connectivity index (χ0) is 9.97. The Morgan fingerprint density at radius 3 is 2.67 bits per heavy atom. The molecule has 0 aliphatic heterocycles. The maximum absolute atomic E-state index is 13.3. The number of aromatic nitrogens is 1. The molecule has 1 atom stereocenters. The third-order valence-electron chi connectivity index (χ3n) is 3.05. The summed E-state index contributed by atoms with van der Waals surface area (Å²) in [7, 11) is 0. The monoisotopic (exact) mass is 230 g/mol. The Hall–Kier alpha value is -0.670. The third-order valence-corrected chi connectivity index (χ3v) is 3.05. The highest BCUT2D eigenvalue weighted by atomic mass is 35.5. The first-order valence-electron chi connectivity index (χ1n) is 5.15. The number of halogens is 2. The molecule has 0 unspecified atom stereocenters. The summed E-state index contributed by atoms with van der Waals surface area (Å²) < 4.78 is 13.3. The molecule has 0 saturated heterocycles. The largest absolute Gasteiger partial charge is 0.324 e. The second-order valence-corrected chi connectivity index (χ2v) is 3.95. The number of pyridine rings is 1. The minimum atomic E-state index is -0.410. The van der Waals surface area contributed by atoms with E-state index in [1.807, 2.05) is 0 Å². The fourth-order valence-corrected chi connectivity index (χ4v) is 2.22. The molecule has 0 bridgehead atoms. The van der Waals surface area contributed by atoms with E-state index >= 15 is 0 Å². The Kier molecular flexibility index (Phi) is 4.48. The smallest absolute Gasteiger partial charge is 0.217 e. The number of rotatable bonds is 2. The van der Waals surface area contributed by atoms with Gasteiger partial charge in [0, 0.05) is 17.8 Å². The van der Waals surface area contributed by atoms with Gasteiger partial charge in [0.2, 0.25) is 5.95 Å². The molecule has 1 aliphatic carbocycles. The van der Waals surface area contributed by atoms with Crippen LogP contribution in [0, 0.1) is 11.9 Å². The van der Waals surface area contributed by atoms with Gasteiger partial charge in [-0.2, -0.15) is 4.39 Å². The lowest BCUT2D eigenvalue weighted by Gasteiger charge is -2.18. The summed E-state index contributed by atoms with van der Waals surface area (Å²) >= 11 is 0. The van der Waals surface area contributed by atoms with E-state index in [2.05, 4.69) is 4.98 Å². The highest BCUT2D eigenvalue weighted by Gasteiger charge is 2.25. The van der Waals surface area contributed by atoms with Crippen LogP contribution in [-0.2, 0) is 0 Å². The maximum atomic E-state index is 13.3. The molecule has 0 radical (unpaired) electrons. The topological polar surface area (TPSA) is 38.9 Å². The standard InChI is InChI=1S/C11H15FN2.ClH/c12-11-9(6-3-7-14-11)10(13)8-4-1-2-5-8;/h3,6-8,10H,1-2,4-5,13H2;1H/t10-;/m1./s1. The normalized spacial score (nSPS) is 18.5. The molecule has 2 nitrogen and oxygen atoms in total. The van der Waals surface area contributed by atoms with E-state index in [1.165, 1.54) is 19.0 Å². The first-order valence-corrected chi connectivity index (χ1v) is 5.15. The SMILES string of the molecule is Cl.N[C@@H](c1cccnc1F)C1CCCC1. The third kappa shape index (κ3) is 2.67. The van der Waals surface area contributed by atoms with Gasteiger partial charge in [-0.1, -0.05) is 18.9 Å². The quantitative estimate of drug-likeness (QED) is 0.794. The molecule has 1 aromatic heterocycles. The summed E-state index contributed by atoms with van der Waals surface area (Å²) in [5, 5.41) is 0. The van der Waals surface area contributed by atoms with Crippen LogP contribution >= 0.6 is 12.4 Å². The fourth-order valence-electron chi connectivity index (χ4n) is 2.22. The lowest BCUT2D eigenvalue weighted by Crippen LogP contribution is -2.20. The van der Waals surface area contributed by atoms with Crippen LogP contribution in [0.2, 0.25) is 0 Å². The molecule has 2 rings (SSSR count). The molecule has 0 amide bonds. The summed E-state index contributed by atoms with van der Waals surface area (Å²) in [5.41, 5.74) is 6.59. The predicted octanol–water partition coefficient (Wildman–Crippen LogP) is 2.83. The first-order chi connectivity index (χ1) is 6.79. The number of nitrogens with two attached hydrogens (primary N) is 1. The Balaban J connectivity index is 0.00000112. The molecule has 0 spiro atoms. The van der Waals surface area contributed by atoms with Gasteiger partial charge in [-0.3, -0.25) is 0 Å². The van der Waals surface area contributed by atoms with E-state index in [-0.39, 0.29) is 18.4 Å². The molecular formula is C11H16ClFN2. The van der Waals surface area contributed by atoms with Crippen LogP contribution in [-0.4, -0.2) is 4.98 Å². The van der Waals surface area contributed by atoms with E-state index in [0.29, 0.717) is 11.5 Å². The molecule has 15 heavy (non-hydrogen) atoms. The molecule has 2 N–H and O–H groups in total. The lowest BCUT2D eigenvalue weighted by atomic mass is 9.93. The van der Waals surface area contributed by atoms with Crippen LogP contribution in [0.15, 0.2) is 18.3 Å². The van der Waals surface area contributed by atoms with Crippen molar-refractivity contribution in [1.82, 2.24) is 4.98 Å². The summed E-state index contributed by atoms with van der Waals surface area (Å²) in [4.78, 5) is 3.62. The van der Waals surface area contributed by atoms with Gasteiger partial charge < -0.3 is 5.73 Å². The van der Waals surface area contributed by atoms with Gasteiger partial charge in [0.1, 0.15) is 0 Å². The zero-order valence-electron chi connectivity index (χ0n) is 8.53. The van der Waals surface area contributed by atoms with Crippen molar-refractivity contribution in [3.8, 4) is 0 Å². The van der Waals surface area contributed by atoms with Crippen molar-refractivity contribution >= 4 is 12.4 Å². The molecule has 1 saturated carbocycles. The van der Waals surface area contributed by atoms with Crippen molar-refractivity contribution in [2.45, 2.75) is 31.7 Å². The Labute approximate surface area is 95.5 Å². The van der Waals surface area contributed by atoms with E-state index in [4.69, 9.17) is 5.73 Å². The summed E-state index contributed by atoms with van der Waals surface area (Å²) in [6, 6.07) is 3.31. The minimum Gasteiger partial charge on any atom is -0.324 e. The second kappa shape index (κ2) is 5.42. The van der Waals surface area contributed by atoms with Crippen LogP contribution in [0.4, 0.5) is 4.39 Å². The van der Waals surface area contributed by atoms with E-state index < -0.39 is 5.95 Å². The average Bonchev–Trinajstić information content (AvgIpc) is 2.70. The highest BCUT2D eigenvalue weighted by molar-refractivity contribution is 5.85. The van der Waals surface area contributed by atoms with Gasteiger partial charge in [-0.05, 0) is 24.8 Å². The Bertz CT molecular complexity index is 313. The van der Waals surface area contributed by atoms with E-state index in [1.54, 1.807) is 12.1 Å². The molecule has 1 fully saturated rings. The molecular weight excluding hydrogens is 215 g/mol. The van der Waals surface area contributed by atoms with Gasteiger partial charge in [0.15, 0.2) is 0 Å². The number of hydrogen-bond acceptors (Lipinski definition) is 2. The van der Waals surface area contributed by atoms with Crippen LogP contribution in [0.5, 0.6) is 0 Å². The van der Waals surface area contributed by atoms with Crippen LogP contribution in [0.25, 0.3) is 0 Å². The Morgan fingerprint density at radius 1 is 1.40 bits per heavy atom. The van der Waals surface area contributed by atoms with Crippen molar-refractivity contribution in [3.63, 3.8) is 0 Å². The van der Waals surface area contributed by atoms with Crippen molar-refractivity contribution in [2.75, 3.05) is 0 Å². The average molecular weight is 231 g/mol. The van der Waals surface area contributed by atoms with Crippen molar-refractivity contribution in [3.05, 3.63) is 29.8 Å². The highest BCUT2D eigenvalue weighted by Crippen LogP contribution is 2.34. The van der Waals surface area contributed by atoms with Crippen LogP contribution in [0.3, 0.4) is 0 Å². The Morgan fingerprint density at radius 2 is 2.07 bits per heavy atom. The lowest BCUT2D eigenvalue weighted by molar-refractivity contribution is 0.422. The molecule has 1 heterocycles. The molecule has 1 aliphatic rings. The zero-order valence-corrected chi connectivity index (χ0v) is 9.34. The molecule has 4 heteroatoms. The van der Waals surface area contributed by atoms with Gasteiger partial charge in [0.05, 0.1) is 0 Å². The van der Waals surface area contributed by atoms with Gasteiger partial charge >= 0.3 is 0 Å². The summed E-state index contributed by atoms with van der Waals surface area (Å²) in [5.74, 6) is 0.0283. The van der Waals surface area contributed by atoms with Crippen molar-refractivity contribution < 1.29 is 4.39 Å². The molecule has 0 aromatic carbocycles. The molecule has 84 valence electrons. The fraction of sp³-hybridized carbons (Fsp3) is 0.545. The van der Waals surface area contributed by atoms with Crippen molar-refractivity contribution in [1.29, 1.82) is 0 Å². The van der Waals surface area contributed by atoms with Crippen molar-refractivity contribution in [2.24, 2.45) is 11.7 Å². The number of nitrogens with zero attached hydrogens (tertiary/aromatic N) is 1. The minimum absolute atomic E-state index is 0. The number of hydrogen-bond donors (Lipinski definition) is 1. The van der Waals surface area contributed by atoms with Gasteiger partial charge in [0.25, 0.3) is 0 Å². The summed E-state index contributed by atoms with van der Waals surface area (Å²) in [6.45, 7) is 0. The van der Waals surface area contributed by atoms with Crippen LogP contribution < -0.4 is 5.73 Å². The van der Waals surface area contributed by atoms with Gasteiger partial charge in [-0.25, -0.2) is 4.98 Å². The van der Waals surface area contributed by atoms with E-state index in [9.17, 15) is 4.39 Å². The van der Waals surface area contributed by atoms with E-state index in [0.717, 1.165) is 12.8 Å². The van der Waals surface area contributed by atoms with Gasteiger partial charge in [-0.15, -0.1) is 12.4 Å². The van der Waals surface area contributed by atoms with Crippen LogP contribution in [0.1, 0.15) is 37.3 Å². The summed E-state index contributed by atoms with van der Waals surface area (Å²) in [6.07, 6.45) is 6.14. The predicted molar refractivity (Wildman–Crippen MR) is 60.3 cm³/mol. The maximum Gasteiger partial charge on any atom is 0.217 e. The molecule has 1 aromatic rings. The first kappa shape index (κ1) is 12.4.